The van der Waals surface area contributed by atoms with Gasteiger partial charge in [0.25, 0.3) is 5.56 Å². The van der Waals surface area contributed by atoms with E-state index in [4.69, 9.17) is 16.3 Å². The molecule has 0 saturated carbocycles. The molecule has 1 aromatic carbocycles. The lowest BCUT2D eigenvalue weighted by Gasteiger charge is -2.09. The van der Waals surface area contributed by atoms with Gasteiger partial charge in [-0.1, -0.05) is 23.7 Å². The van der Waals surface area contributed by atoms with Crippen molar-refractivity contribution in [1.29, 1.82) is 0 Å². The lowest BCUT2D eigenvalue weighted by Crippen LogP contribution is -2.20. The number of fused-ring (bicyclic) bond motifs is 1. The quantitative estimate of drug-likeness (QED) is 0.638. The first kappa shape index (κ1) is 15.7. The van der Waals surface area contributed by atoms with Crippen molar-refractivity contribution >= 4 is 39.5 Å². The van der Waals surface area contributed by atoms with E-state index < -0.39 is 5.56 Å². The van der Waals surface area contributed by atoms with E-state index in [0.717, 1.165) is 15.6 Å². The molecule has 3 aromatic rings. The van der Waals surface area contributed by atoms with Gasteiger partial charge in [-0.3, -0.25) is 14.0 Å². The number of hydrogen-bond acceptors (Lipinski definition) is 4. The summed E-state index contributed by atoms with van der Waals surface area (Å²) < 4.78 is 7.09. The summed E-state index contributed by atoms with van der Waals surface area (Å²) in [6.45, 7) is 0. The summed E-state index contributed by atoms with van der Waals surface area (Å²) >= 11 is 9.69. The number of aldehydes is 1. The van der Waals surface area contributed by atoms with Gasteiger partial charge in [0.2, 0.25) is 5.88 Å². The minimum Gasteiger partial charge on any atom is -0.480 e. The third-order valence-corrected chi connectivity index (χ3v) is 4.70. The molecule has 0 fully saturated rings. The number of ether oxygens (including phenoxy) is 1. The fourth-order valence-corrected chi connectivity index (χ4v) is 2.88. The Hall–Kier alpha value is -2.18. The van der Waals surface area contributed by atoms with Crippen molar-refractivity contribution in [2.75, 3.05) is 7.11 Å². The number of nitrogens with zero attached hydrogens (tertiary/aromatic N) is 2. The fourth-order valence-electron chi connectivity index (χ4n) is 2.28. The predicted octanol–water partition coefficient (Wildman–Crippen LogP) is 3.60. The molecule has 23 heavy (non-hydrogen) atoms. The third-order valence-electron chi connectivity index (χ3n) is 3.40. The number of carbonyl (C=O) groups is 1. The van der Waals surface area contributed by atoms with Gasteiger partial charge >= 0.3 is 0 Å². The summed E-state index contributed by atoms with van der Waals surface area (Å²) in [6.07, 6.45) is 2.00. The highest BCUT2D eigenvalue weighted by Crippen LogP contribution is 2.33. The second-order valence-electron chi connectivity index (χ2n) is 4.70. The van der Waals surface area contributed by atoms with E-state index in [0.29, 0.717) is 17.0 Å². The molecular weight excluding hydrogens is 384 g/mol. The molecule has 0 radical (unpaired) electrons. The Morgan fingerprint density at radius 1 is 1.35 bits per heavy atom. The van der Waals surface area contributed by atoms with Gasteiger partial charge in [0, 0.05) is 16.2 Å². The van der Waals surface area contributed by atoms with Crippen LogP contribution >= 0.6 is 27.5 Å². The van der Waals surface area contributed by atoms with Gasteiger partial charge in [-0.2, -0.15) is 4.98 Å². The Morgan fingerprint density at radius 2 is 2.13 bits per heavy atom. The maximum Gasteiger partial charge on any atom is 0.272 e. The molecule has 0 spiro atoms. The lowest BCUT2D eigenvalue weighted by atomic mass is 10.1. The standard InChI is InChI=1S/C16H10BrClN2O3/c1-23-15-11(8-21)16(22)20-6-5-9(7-13(20)19-15)10-3-2-4-12(17)14(10)18/h2-8H,1H3. The van der Waals surface area contributed by atoms with Gasteiger partial charge in [-0.15, -0.1) is 0 Å². The van der Waals surface area contributed by atoms with E-state index in [1.807, 2.05) is 18.2 Å². The Labute approximate surface area is 144 Å². The Morgan fingerprint density at radius 3 is 2.83 bits per heavy atom. The van der Waals surface area contributed by atoms with Crippen LogP contribution in [0.3, 0.4) is 0 Å². The van der Waals surface area contributed by atoms with Crippen molar-refractivity contribution in [2.45, 2.75) is 0 Å². The molecule has 0 N–H and O–H groups in total. The van der Waals surface area contributed by atoms with E-state index in [-0.39, 0.29) is 11.4 Å². The molecule has 0 unspecified atom stereocenters. The summed E-state index contributed by atoms with van der Waals surface area (Å²) in [5.41, 5.74) is 1.37. The van der Waals surface area contributed by atoms with Gasteiger partial charge in [0.15, 0.2) is 6.29 Å². The highest BCUT2D eigenvalue weighted by atomic mass is 79.9. The molecular formula is C16H10BrClN2O3. The smallest absolute Gasteiger partial charge is 0.272 e. The van der Waals surface area contributed by atoms with Gasteiger partial charge in [0.05, 0.1) is 12.1 Å². The number of rotatable bonds is 3. The molecule has 0 amide bonds. The Kier molecular flexibility index (Phi) is 4.19. The molecule has 116 valence electrons. The van der Waals surface area contributed by atoms with Crippen LogP contribution in [0.4, 0.5) is 0 Å². The van der Waals surface area contributed by atoms with Crippen LogP contribution in [0, 0.1) is 0 Å². The Balaban J connectivity index is 2.29. The van der Waals surface area contributed by atoms with Crippen LogP contribution in [0.5, 0.6) is 5.88 Å². The lowest BCUT2D eigenvalue weighted by molar-refractivity contribution is 0.111. The molecule has 0 aliphatic rings. The van der Waals surface area contributed by atoms with E-state index in [1.54, 1.807) is 18.3 Å². The maximum atomic E-state index is 12.3. The molecule has 7 heteroatoms. The van der Waals surface area contributed by atoms with Crippen molar-refractivity contribution < 1.29 is 9.53 Å². The predicted molar refractivity (Wildman–Crippen MR) is 91.5 cm³/mol. The van der Waals surface area contributed by atoms with Gasteiger partial charge in [-0.25, -0.2) is 0 Å². The highest BCUT2D eigenvalue weighted by molar-refractivity contribution is 9.10. The summed E-state index contributed by atoms with van der Waals surface area (Å²) in [6, 6.07) is 9.03. The molecule has 0 aliphatic carbocycles. The summed E-state index contributed by atoms with van der Waals surface area (Å²) in [4.78, 5) is 27.6. The van der Waals surface area contributed by atoms with E-state index in [9.17, 15) is 9.59 Å². The van der Waals surface area contributed by atoms with Crippen LogP contribution in [0.15, 0.2) is 45.8 Å². The zero-order chi connectivity index (χ0) is 16.6. The second-order valence-corrected chi connectivity index (χ2v) is 5.94. The number of hydrogen-bond donors (Lipinski definition) is 0. The second kappa shape index (κ2) is 6.14. The first-order valence-corrected chi connectivity index (χ1v) is 7.74. The minimum absolute atomic E-state index is 0.00230. The first-order valence-electron chi connectivity index (χ1n) is 6.56. The van der Waals surface area contributed by atoms with Crippen LogP contribution in [0.25, 0.3) is 16.8 Å². The van der Waals surface area contributed by atoms with Crippen LogP contribution in [-0.2, 0) is 0 Å². The van der Waals surface area contributed by atoms with Crippen LogP contribution < -0.4 is 10.3 Å². The van der Waals surface area contributed by atoms with E-state index >= 15 is 0 Å². The van der Waals surface area contributed by atoms with E-state index in [2.05, 4.69) is 20.9 Å². The average Bonchev–Trinajstić information content (AvgIpc) is 2.56. The van der Waals surface area contributed by atoms with E-state index in [1.165, 1.54) is 11.5 Å². The highest BCUT2D eigenvalue weighted by Gasteiger charge is 2.14. The topological polar surface area (TPSA) is 60.7 Å². The average molecular weight is 394 g/mol. The third kappa shape index (κ3) is 2.64. The molecule has 2 aromatic heterocycles. The number of benzene rings is 1. The van der Waals surface area contributed by atoms with Crippen molar-refractivity contribution in [2.24, 2.45) is 0 Å². The number of aromatic nitrogens is 2. The largest absolute Gasteiger partial charge is 0.480 e. The van der Waals surface area contributed by atoms with Crippen LogP contribution in [0.2, 0.25) is 5.02 Å². The molecule has 0 atom stereocenters. The molecule has 0 aliphatic heterocycles. The molecule has 0 saturated heterocycles. The van der Waals surface area contributed by atoms with Crippen LogP contribution in [0.1, 0.15) is 10.4 Å². The number of halogens is 2. The summed E-state index contributed by atoms with van der Waals surface area (Å²) in [7, 11) is 1.36. The van der Waals surface area contributed by atoms with Gasteiger partial charge < -0.3 is 4.74 Å². The molecule has 0 bridgehead atoms. The monoisotopic (exact) mass is 392 g/mol. The zero-order valence-electron chi connectivity index (χ0n) is 11.9. The van der Waals surface area contributed by atoms with Crippen molar-refractivity contribution in [3.05, 3.63) is 61.9 Å². The number of pyridine rings is 1. The molecule has 2 heterocycles. The first-order chi connectivity index (χ1) is 11.1. The zero-order valence-corrected chi connectivity index (χ0v) is 14.3. The van der Waals surface area contributed by atoms with Gasteiger partial charge in [-0.05, 0) is 39.7 Å². The minimum atomic E-state index is -0.478. The summed E-state index contributed by atoms with van der Waals surface area (Å²) in [5, 5.41) is 0.565. The summed E-state index contributed by atoms with van der Waals surface area (Å²) in [5.74, 6) is 0.00230. The maximum absolute atomic E-state index is 12.3. The normalized spacial score (nSPS) is 10.7. The molecule has 5 nitrogen and oxygen atoms in total. The van der Waals surface area contributed by atoms with Gasteiger partial charge in [0.1, 0.15) is 11.2 Å². The Bertz CT molecular complexity index is 985. The molecule has 3 rings (SSSR count). The van der Waals surface area contributed by atoms with Crippen molar-refractivity contribution in [1.82, 2.24) is 9.38 Å². The SMILES string of the molecule is COc1nc2cc(-c3cccc(Br)c3Cl)ccn2c(=O)c1C=O. The van der Waals surface area contributed by atoms with Crippen molar-refractivity contribution in [3.63, 3.8) is 0 Å². The van der Waals surface area contributed by atoms with Crippen molar-refractivity contribution in [3.8, 4) is 17.0 Å². The number of carbonyl (C=O) groups excluding carboxylic acids is 1. The van der Waals surface area contributed by atoms with Crippen LogP contribution in [-0.4, -0.2) is 22.8 Å². The fraction of sp³-hybridized carbons (Fsp3) is 0.0625. The number of methoxy groups -OCH3 is 1.